The molecule has 0 aliphatic rings. The maximum Gasteiger partial charge on any atom is 0.310 e. The number of hydrogen-bond acceptors (Lipinski definition) is 2. The molecule has 0 atom stereocenters. The third-order valence-corrected chi connectivity index (χ3v) is 3.28. The van der Waals surface area contributed by atoms with Gasteiger partial charge in [-0.2, -0.15) is 0 Å². The van der Waals surface area contributed by atoms with Gasteiger partial charge >= 0.3 is 5.97 Å². The van der Waals surface area contributed by atoms with Crippen molar-refractivity contribution in [3.8, 4) is 5.69 Å². The van der Waals surface area contributed by atoms with Crippen LogP contribution in [0.25, 0.3) is 5.69 Å². The smallest absolute Gasteiger partial charge is 0.310 e. The van der Waals surface area contributed by atoms with Crippen molar-refractivity contribution in [1.29, 1.82) is 0 Å². The topological polar surface area (TPSA) is 71.3 Å². The summed E-state index contributed by atoms with van der Waals surface area (Å²) in [4.78, 5) is 23.1. The van der Waals surface area contributed by atoms with Gasteiger partial charge in [0.1, 0.15) is 0 Å². The molecule has 0 aliphatic heterocycles. The van der Waals surface area contributed by atoms with E-state index >= 15 is 0 Å². The maximum atomic E-state index is 12.1. The fraction of sp³-hybridized carbons (Fsp3) is 0.250. The molecule has 0 bridgehead atoms. The highest BCUT2D eigenvalue weighted by Crippen LogP contribution is 2.14. The van der Waals surface area contributed by atoms with Crippen LogP contribution in [0.4, 0.5) is 0 Å². The maximum absolute atomic E-state index is 12.1. The molecule has 110 valence electrons. The zero-order chi connectivity index (χ0) is 15.5. The minimum Gasteiger partial charge on any atom is -0.481 e. The summed E-state index contributed by atoms with van der Waals surface area (Å²) in [6.45, 7) is 3.23. The van der Waals surface area contributed by atoms with E-state index in [9.17, 15) is 9.59 Å². The summed E-state index contributed by atoms with van der Waals surface area (Å²) in [5.74, 6) is -1.22. The Hall–Kier alpha value is -2.56. The predicted molar refractivity (Wildman–Crippen MR) is 79.5 cm³/mol. The molecule has 1 aromatic carbocycles. The molecule has 0 radical (unpaired) electrons. The number of carbonyl (C=O) groups excluding carboxylic acids is 1. The van der Waals surface area contributed by atoms with Crippen molar-refractivity contribution >= 4 is 11.9 Å². The largest absolute Gasteiger partial charge is 0.481 e. The van der Waals surface area contributed by atoms with E-state index < -0.39 is 11.4 Å². The molecule has 1 amide bonds. The predicted octanol–water partition coefficient (Wildman–Crippen LogP) is 2.32. The Morgan fingerprint density at radius 1 is 1.19 bits per heavy atom. The molecule has 0 spiro atoms. The molecule has 0 saturated carbocycles. The van der Waals surface area contributed by atoms with Crippen LogP contribution in [0.5, 0.6) is 0 Å². The van der Waals surface area contributed by atoms with E-state index in [4.69, 9.17) is 5.11 Å². The molecule has 5 heteroatoms. The Morgan fingerprint density at radius 3 is 2.48 bits per heavy atom. The highest BCUT2D eigenvalue weighted by molar-refractivity contribution is 5.95. The number of amides is 1. The first-order valence-electron chi connectivity index (χ1n) is 6.65. The summed E-state index contributed by atoms with van der Waals surface area (Å²) in [6, 6.07) is 11.0. The van der Waals surface area contributed by atoms with Crippen LogP contribution in [0, 0.1) is 5.41 Å². The van der Waals surface area contributed by atoms with Crippen molar-refractivity contribution in [1.82, 2.24) is 9.88 Å². The second kappa shape index (κ2) is 5.83. The van der Waals surface area contributed by atoms with Crippen molar-refractivity contribution in [3.05, 3.63) is 54.4 Å². The summed E-state index contributed by atoms with van der Waals surface area (Å²) in [6.07, 6.45) is 3.79. The molecule has 1 aromatic heterocycles. The van der Waals surface area contributed by atoms with Gasteiger partial charge in [-0.25, -0.2) is 0 Å². The standard InChI is InChI=1S/C16H18N2O3/c1-16(2,15(20)21)11-17-14(19)12-6-5-7-13(10-12)18-8-3-4-9-18/h3-10H,11H2,1-2H3,(H,17,19)(H,20,21). The van der Waals surface area contributed by atoms with E-state index in [-0.39, 0.29) is 12.5 Å². The quantitative estimate of drug-likeness (QED) is 0.886. The highest BCUT2D eigenvalue weighted by atomic mass is 16.4. The van der Waals surface area contributed by atoms with Crippen LogP contribution >= 0.6 is 0 Å². The van der Waals surface area contributed by atoms with Gasteiger partial charge in [0, 0.05) is 30.2 Å². The molecule has 0 aliphatic carbocycles. The Labute approximate surface area is 123 Å². The van der Waals surface area contributed by atoms with Gasteiger partial charge in [-0.3, -0.25) is 9.59 Å². The van der Waals surface area contributed by atoms with Gasteiger partial charge in [-0.1, -0.05) is 6.07 Å². The third kappa shape index (κ3) is 3.51. The molecule has 2 rings (SSSR count). The number of aromatic nitrogens is 1. The zero-order valence-electron chi connectivity index (χ0n) is 12.0. The molecule has 2 N–H and O–H groups in total. The first-order valence-corrected chi connectivity index (χ1v) is 6.65. The number of nitrogens with zero attached hydrogens (tertiary/aromatic N) is 1. The Morgan fingerprint density at radius 2 is 1.86 bits per heavy atom. The van der Waals surface area contributed by atoms with Crippen LogP contribution in [0.15, 0.2) is 48.8 Å². The lowest BCUT2D eigenvalue weighted by Crippen LogP contribution is -2.38. The van der Waals surface area contributed by atoms with Crippen LogP contribution < -0.4 is 5.32 Å². The molecule has 0 fully saturated rings. The third-order valence-electron chi connectivity index (χ3n) is 3.28. The van der Waals surface area contributed by atoms with Crippen molar-refractivity contribution in [2.45, 2.75) is 13.8 Å². The SMILES string of the molecule is CC(C)(CNC(=O)c1cccc(-n2cccc2)c1)C(=O)O. The second-order valence-electron chi connectivity index (χ2n) is 5.51. The Kier molecular flexibility index (Phi) is 4.12. The molecule has 0 unspecified atom stereocenters. The average molecular weight is 286 g/mol. The average Bonchev–Trinajstić information content (AvgIpc) is 2.99. The number of carboxylic acid groups (broad SMARTS) is 1. The van der Waals surface area contributed by atoms with E-state index in [1.807, 2.05) is 35.2 Å². The van der Waals surface area contributed by atoms with Gasteiger partial charge in [0.15, 0.2) is 0 Å². The lowest BCUT2D eigenvalue weighted by molar-refractivity contribution is -0.146. The lowest BCUT2D eigenvalue weighted by Gasteiger charge is -2.19. The van der Waals surface area contributed by atoms with E-state index in [1.54, 1.807) is 32.0 Å². The first-order chi connectivity index (χ1) is 9.90. The second-order valence-corrected chi connectivity index (χ2v) is 5.51. The molecular formula is C16H18N2O3. The van der Waals surface area contributed by atoms with E-state index in [0.717, 1.165) is 5.69 Å². The van der Waals surface area contributed by atoms with Crippen LogP contribution in [-0.2, 0) is 4.79 Å². The number of carboxylic acids is 1. The highest BCUT2D eigenvalue weighted by Gasteiger charge is 2.27. The van der Waals surface area contributed by atoms with Gasteiger partial charge in [0.25, 0.3) is 5.91 Å². The lowest BCUT2D eigenvalue weighted by atomic mass is 9.94. The normalized spacial score (nSPS) is 11.1. The van der Waals surface area contributed by atoms with E-state index in [0.29, 0.717) is 5.56 Å². The molecule has 21 heavy (non-hydrogen) atoms. The number of nitrogens with one attached hydrogen (secondary N) is 1. The van der Waals surface area contributed by atoms with Gasteiger partial charge < -0.3 is 15.0 Å². The van der Waals surface area contributed by atoms with Crippen molar-refractivity contribution < 1.29 is 14.7 Å². The van der Waals surface area contributed by atoms with Gasteiger partial charge in [0.05, 0.1) is 5.41 Å². The summed E-state index contributed by atoms with van der Waals surface area (Å²) in [5.41, 5.74) is 0.390. The number of carbonyl (C=O) groups is 2. The monoisotopic (exact) mass is 286 g/mol. The fourth-order valence-electron chi connectivity index (χ4n) is 1.79. The molecule has 5 nitrogen and oxygen atoms in total. The molecular weight excluding hydrogens is 268 g/mol. The number of aliphatic carboxylic acids is 1. The summed E-state index contributed by atoms with van der Waals surface area (Å²) >= 11 is 0. The van der Waals surface area contributed by atoms with Crippen LogP contribution in [0.3, 0.4) is 0 Å². The minimum atomic E-state index is -0.992. The van der Waals surface area contributed by atoms with Gasteiger partial charge in [0.2, 0.25) is 0 Å². The number of rotatable bonds is 5. The minimum absolute atomic E-state index is 0.0783. The van der Waals surface area contributed by atoms with Crippen molar-refractivity contribution in [2.24, 2.45) is 5.41 Å². The van der Waals surface area contributed by atoms with Crippen molar-refractivity contribution in [2.75, 3.05) is 6.54 Å². The molecule has 1 heterocycles. The van der Waals surface area contributed by atoms with Gasteiger partial charge in [-0.05, 0) is 44.2 Å². The van der Waals surface area contributed by atoms with Crippen molar-refractivity contribution in [3.63, 3.8) is 0 Å². The first kappa shape index (κ1) is 14.8. The van der Waals surface area contributed by atoms with Crippen LogP contribution in [0.2, 0.25) is 0 Å². The number of benzene rings is 1. The van der Waals surface area contributed by atoms with E-state index in [1.165, 1.54) is 0 Å². The number of hydrogen-bond donors (Lipinski definition) is 2. The zero-order valence-corrected chi connectivity index (χ0v) is 12.0. The van der Waals surface area contributed by atoms with Crippen LogP contribution in [-0.4, -0.2) is 28.1 Å². The Balaban J connectivity index is 2.10. The molecule has 0 saturated heterocycles. The summed E-state index contributed by atoms with van der Waals surface area (Å²) in [5, 5.41) is 11.7. The Bertz CT molecular complexity index is 645. The van der Waals surface area contributed by atoms with E-state index in [2.05, 4.69) is 5.32 Å². The summed E-state index contributed by atoms with van der Waals surface area (Å²) < 4.78 is 1.90. The van der Waals surface area contributed by atoms with Gasteiger partial charge in [-0.15, -0.1) is 0 Å². The fourth-order valence-corrected chi connectivity index (χ4v) is 1.79. The van der Waals surface area contributed by atoms with Crippen LogP contribution in [0.1, 0.15) is 24.2 Å². The summed E-state index contributed by atoms with van der Waals surface area (Å²) in [7, 11) is 0. The molecule has 2 aromatic rings.